The number of fused-ring (bicyclic) bond motifs is 6. The Morgan fingerprint density at radius 1 is 0.360 bits per heavy atom. The van der Waals surface area contributed by atoms with Gasteiger partial charge < -0.3 is 18.6 Å². The molecule has 0 bridgehead atoms. The highest BCUT2D eigenvalue weighted by Crippen LogP contribution is 2.40. The van der Waals surface area contributed by atoms with Crippen molar-refractivity contribution in [2.45, 2.75) is 12.8 Å². The lowest BCUT2D eigenvalue weighted by molar-refractivity contribution is 0.538. The van der Waals surface area contributed by atoms with Crippen molar-refractivity contribution in [3.63, 3.8) is 0 Å². The topological polar surface area (TPSA) is 66.9 Å². The average Bonchev–Trinajstić information content (AvgIpc) is 3.16. The van der Waals surface area contributed by atoms with Crippen LogP contribution in [-0.4, -0.2) is 0 Å². The fourth-order valence-electron chi connectivity index (χ4n) is 7.18. The number of hydrogen-bond donors (Lipinski definition) is 0. The molecule has 6 heteroatoms. The minimum atomic E-state index is -0.390. The summed E-state index contributed by atoms with van der Waals surface area (Å²) in [6.07, 6.45) is 0.570. The quantitative estimate of drug-likeness (QED) is 0.167. The van der Waals surface area contributed by atoms with Gasteiger partial charge >= 0.3 is 11.3 Å². The van der Waals surface area contributed by atoms with Crippen LogP contribution in [0.2, 0.25) is 0 Å². The smallest absolute Gasteiger partial charge is 0.340 e. The van der Waals surface area contributed by atoms with Gasteiger partial charge in [0, 0.05) is 81.0 Å². The molecule has 0 amide bonds. The van der Waals surface area contributed by atoms with Crippen LogP contribution in [0.5, 0.6) is 0 Å². The van der Waals surface area contributed by atoms with Crippen LogP contribution in [-0.2, 0) is 12.8 Å². The maximum Gasteiger partial charge on any atom is 0.340 e. The molecule has 1 aliphatic carbocycles. The Morgan fingerprint density at radius 2 is 0.680 bits per heavy atom. The van der Waals surface area contributed by atoms with Gasteiger partial charge in [-0.1, -0.05) is 72.8 Å². The lowest BCUT2D eigenvalue weighted by atomic mass is 9.84. The minimum absolute atomic E-state index is 0.285. The SMILES string of the molecule is O=c1oc2cc(N(c3ccccc3)c3ccccc3)ccc2c2c1Cc1c(c(=O)oc3cc(N(c4ccccc4)c4ccccc4)ccc13)C2. The molecule has 240 valence electrons. The first-order chi connectivity index (χ1) is 24.6. The van der Waals surface area contributed by atoms with E-state index in [-0.39, 0.29) is 12.8 Å². The first-order valence-electron chi connectivity index (χ1n) is 16.6. The van der Waals surface area contributed by atoms with Crippen molar-refractivity contribution in [2.24, 2.45) is 0 Å². The number of nitrogens with zero attached hydrogens (tertiary/aromatic N) is 2. The van der Waals surface area contributed by atoms with Gasteiger partial charge in [0.2, 0.25) is 0 Å². The molecule has 0 unspecified atom stereocenters. The third kappa shape index (κ3) is 5.06. The van der Waals surface area contributed by atoms with Crippen LogP contribution in [0.25, 0.3) is 21.9 Å². The molecule has 0 N–H and O–H groups in total. The zero-order valence-corrected chi connectivity index (χ0v) is 27.0. The zero-order chi connectivity index (χ0) is 33.6. The highest BCUT2D eigenvalue weighted by Gasteiger charge is 2.28. The van der Waals surface area contributed by atoms with E-state index < -0.39 is 11.3 Å². The van der Waals surface area contributed by atoms with E-state index in [2.05, 4.69) is 9.80 Å². The van der Waals surface area contributed by atoms with Crippen LogP contribution in [0.4, 0.5) is 34.1 Å². The van der Waals surface area contributed by atoms with Gasteiger partial charge in [-0.15, -0.1) is 0 Å². The van der Waals surface area contributed by atoms with E-state index >= 15 is 0 Å². The van der Waals surface area contributed by atoms with Crippen molar-refractivity contribution < 1.29 is 8.83 Å². The predicted octanol–water partition coefficient (Wildman–Crippen LogP) is 10.3. The van der Waals surface area contributed by atoms with Crippen molar-refractivity contribution in [1.82, 2.24) is 0 Å². The Labute approximate surface area is 287 Å². The van der Waals surface area contributed by atoms with Gasteiger partial charge in [0.25, 0.3) is 0 Å². The standard InChI is InChI=1S/C44H30N2O4/c47-43-39-28-38-36-24-22-34(46(31-17-9-3-10-18-31)32-19-11-4-12-20-32)26-42(36)50-44(48)40(38)27-37(39)35-23-21-33(25-41(35)49-43)45(29-13-5-1-6-14-29)30-15-7-2-8-16-30/h1-26H,27-28H2. The number of benzene rings is 6. The summed E-state index contributed by atoms with van der Waals surface area (Å²) in [5.74, 6) is 0. The summed E-state index contributed by atoms with van der Waals surface area (Å²) in [7, 11) is 0. The van der Waals surface area contributed by atoms with Gasteiger partial charge in [-0.3, -0.25) is 0 Å². The van der Waals surface area contributed by atoms with E-state index in [4.69, 9.17) is 8.83 Å². The molecule has 0 radical (unpaired) electrons. The summed E-state index contributed by atoms with van der Waals surface area (Å²) in [5.41, 5.74) is 8.58. The Kier molecular flexibility index (Phi) is 7.13. The normalized spacial score (nSPS) is 12.0. The molecule has 50 heavy (non-hydrogen) atoms. The molecule has 1 aliphatic rings. The van der Waals surface area contributed by atoms with Crippen LogP contribution in [0.1, 0.15) is 22.3 Å². The maximum atomic E-state index is 13.7. The van der Waals surface area contributed by atoms with Crippen LogP contribution in [0.3, 0.4) is 0 Å². The largest absolute Gasteiger partial charge is 0.422 e. The van der Waals surface area contributed by atoms with E-state index in [0.717, 1.165) is 56.0 Å². The van der Waals surface area contributed by atoms with E-state index in [1.165, 1.54) is 0 Å². The van der Waals surface area contributed by atoms with Crippen molar-refractivity contribution in [3.8, 4) is 0 Å². The Morgan fingerprint density at radius 3 is 1.00 bits per heavy atom. The molecule has 8 aromatic rings. The monoisotopic (exact) mass is 650 g/mol. The van der Waals surface area contributed by atoms with E-state index in [9.17, 15) is 9.59 Å². The molecular weight excluding hydrogens is 620 g/mol. The fourth-order valence-corrected chi connectivity index (χ4v) is 7.18. The van der Waals surface area contributed by atoms with Crippen molar-refractivity contribution >= 4 is 56.1 Å². The summed E-state index contributed by atoms with van der Waals surface area (Å²) in [5, 5.41) is 1.62. The van der Waals surface area contributed by atoms with Gasteiger partial charge in [0.15, 0.2) is 0 Å². The van der Waals surface area contributed by atoms with Crippen molar-refractivity contribution in [2.75, 3.05) is 9.80 Å². The molecule has 0 saturated carbocycles. The maximum absolute atomic E-state index is 13.7. The predicted molar refractivity (Wildman–Crippen MR) is 200 cm³/mol. The van der Waals surface area contributed by atoms with Gasteiger partial charge in [-0.2, -0.15) is 0 Å². The molecule has 0 atom stereocenters. The average molecular weight is 651 g/mol. The first kappa shape index (κ1) is 29.5. The third-order valence-electron chi connectivity index (χ3n) is 9.49. The molecule has 6 nitrogen and oxygen atoms in total. The molecule has 6 aromatic carbocycles. The minimum Gasteiger partial charge on any atom is -0.422 e. The molecule has 2 aromatic heterocycles. The lowest BCUT2D eigenvalue weighted by Crippen LogP contribution is -2.23. The fraction of sp³-hybridized carbons (Fsp3) is 0.0455. The number of para-hydroxylation sites is 4. The molecule has 0 saturated heterocycles. The summed E-state index contributed by atoms with van der Waals surface area (Å²) in [6, 6.07) is 52.2. The van der Waals surface area contributed by atoms with Gasteiger partial charge in [0.05, 0.1) is 0 Å². The number of rotatable bonds is 6. The molecule has 9 rings (SSSR count). The summed E-state index contributed by atoms with van der Waals surface area (Å²) >= 11 is 0. The second kappa shape index (κ2) is 12.1. The van der Waals surface area contributed by atoms with Crippen LogP contribution in [0.15, 0.2) is 176 Å². The third-order valence-corrected chi connectivity index (χ3v) is 9.49. The molecule has 0 spiro atoms. The van der Waals surface area contributed by atoms with E-state index in [0.29, 0.717) is 22.3 Å². The highest BCUT2D eigenvalue weighted by molar-refractivity contribution is 5.91. The molecule has 2 heterocycles. The van der Waals surface area contributed by atoms with Gasteiger partial charge in [-0.25, -0.2) is 9.59 Å². The molecular formula is C44H30N2O4. The second-order valence-corrected chi connectivity index (χ2v) is 12.4. The molecule has 0 aliphatic heterocycles. The summed E-state index contributed by atoms with van der Waals surface area (Å²) in [4.78, 5) is 31.6. The lowest BCUT2D eigenvalue weighted by Gasteiger charge is -2.26. The second-order valence-electron chi connectivity index (χ2n) is 12.4. The Hall–Kier alpha value is -6.66. The Balaban J connectivity index is 1.13. The first-order valence-corrected chi connectivity index (χ1v) is 16.6. The zero-order valence-electron chi connectivity index (χ0n) is 27.0. The van der Waals surface area contributed by atoms with Gasteiger partial charge in [0.1, 0.15) is 11.2 Å². The number of hydrogen-bond acceptors (Lipinski definition) is 6. The van der Waals surface area contributed by atoms with Crippen LogP contribution >= 0.6 is 0 Å². The number of anilines is 6. The van der Waals surface area contributed by atoms with Crippen LogP contribution < -0.4 is 21.1 Å². The Bertz CT molecular complexity index is 2370. The summed E-state index contributed by atoms with van der Waals surface area (Å²) < 4.78 is 12.1. The van der Waals surface area contributed by atoms with Crippen LogP contribution in [0, 0.1) is 0 Å². The van der Waals surface area contributed by atoms with E-state index in [1.807, 2.05) is 158 Å². The van der Waals surface area contributed by atoms with Gasteiger partial charge in [-0.05, 0) is 83.9 Å². The molecule has 0 fully saturated rings. The summed E-state index contributed by atoms with van der Waals surface area (Å²) in [6.45, 7) is 0. The van der Waals surface area contributed by atoms with Crippen molar-refractivity contribution in [3.05, 3.63) is 201 Å². The van der Waals surface area contributed by atoms with Crippen molar-refractivity contribution in [1.29, 1.82) is 0 Å². The highest BCUT2D eigenvalue weighted by atomic mass is 16.4. The van der Waals surface area contributed by atoms with E-state index in [1.54, 1.807) is 0 Å².